The van der Waals surface area contributed by atoms with Gasteiger partial charge in [-0.25, -0.2) is 13.4 Å². The van der Waals surface area contributed by atoms with E-state index in [1.807, 2.05) is 26.0 Å². The number of nitrogens with one attached hydrogen (secondary N) is 1. The second-order valence-corrected chi connectivity index (χ2v) is 6.67. The number of aryl methyl sites for hydroxylation is 2. The van der Waals surface area contributed by atoms with Crippen LogP contribution >= 0.6 is 0 Å². The van der Waals surface area contributed by atoms with Crippen molar-refractivity contribution >= 4 is 15.8 Å². The van der Waals surface area contributed by atoms with Gasteiger partial charge in [0.1, 0.15) is 5.82 Å². The number of benzene rings is 1. The fourth-order valence-corrected chi connectivity index (χ4v) is 3.54. The van der Waals surface area contributed by atoms with E-state index in [1.165, 1.54) is 0 Å². The van der Waals surface area contributed by atoms with Crippen LogP contribution < -0.4 is 10.5 Å². The maximum atomic E-state index is 12.5. The maximum Gasteiger partial charge on any atom is 0.263 e. The van der Waals surface area contributed by atoms with Crippen LogP contribution in [0.2, 0.25) is 0 Å². The van der Waals surface area contributed by atoms with Crippen LogP contribution in [0.4, 0.5) is 5.82 Å². The van der Waals surface area contributed by atoms with Gasteiger partial charge in [0.25, 0.3) is 10.0 Å². The smallest absolute Gasteiger partial charge is 0.263 e. The van der Waals surface area contributed by atoms with E-state index in [0.717, 1.165) is 16.8 Å². The summed E-state index contributed by atoms with van der Waals surface area (Å²) in [5.74, 6) is 0.324. The van der Waals surface area contributed by atoms with Crippen LogP contribution in [0.3, 0.4) is 0 Å². The van der Waals surface area contributed by atoms with Crippen molar-refractivity contribution in [3.05, 3.63) is 52.7 Å². The van der Waals surface area contributed by atoms with Gasteiger partial charge >= 0.3 is 0 Å². The van der Waals surface area contributed by atoms with E-state index < -0.39 is 10.0 Å². The van der Waals surface area contributed by atoms with E-state index in [1.54, 1.807) is 25.1 Å². The monoisotopic (exact) mass is 305 g/mol. The molecular weight excluding hydrogens is 286 g/mol. The molecule has 0 bridgehead atoms. The zero-order valence-corrected chi connectivity index (χ0v) is 13.2. The number of pyridine rings is 1. The van der Waals surface area contributed by atoms with E-state index in [2.05, 4.69) is 9.71 Å². The number of rotatable bonds is 4. The Labute approximate surface area is 125 Å². The highest BCUT2D eigenvalue weighted by atomic mass is 32.2. The second-order valence-electron chi connectivity index (χ2n) is 5.02. The molecule has 0 amide bonds. The third kappa shape index (κ3) is 3.40. The molecule has 0 aliphatic carbocycles. The Balaban J connectivity index is 2.43. The molecule has 112 valence electrons. The highest BCUT2D eigenvalue weighted by Crippen LogP contribution is 2.21. The van der Waals surface area contributed by atoms with E-state index in [0.29, 0.717) is 17.9 Å². The van der Waals surface area contributed by atoms with Crippen molar-refractivity contribution in [1.82, 2.24) is 4.98 Å². The standard InChI is InChI=1S/C15H19N3O2S/c1-10-7-11(2)17-15(8-10)18-21(19,20)14-6-4-5-13(9-16)12(14)3/h4-8H,9,16H2,1-3H3,(H,17,18). The van der Waals surface area contributed by atoms with Crippen molar-refractivity contribution in [3.8, 4) is 0 Å². The predicted molar refractivity (Wildman–Crippen MR) is 83.6 cm³/mol. The number of nitrogens with zero attached hydrogens (tertiary/aromatic N) is 1. The van der Waals surface area contributed by atoms with Gasteiger partial charge in [0.05, 0.1) is 4.90 Å². The van der Waals surface area contributed by atoms with Gasteiger partial charge in [-0.2, -0.15) is 0 Å². The van der Waals surface area contributed by atoms with E-state index >= 15 is 0 Å². The molecule has 0 saturated heterocycles. The van der Waals surface area contributed by atoms with Crippen LogP contribution in [0.15, 0.2) is 35.2 Å². The lowest BCUT2D eigenvalue weighted by atomic mass is 10.1. The van der Waals surface area contributed by atoms with Crippen molar-refractivity contribution in [1.29, 1.82) is 0 Å². The van der Waals surface area contributed by atoms with Crippen molar-refractivity contribution < 1.29 is 8.42 Å². The molecule has 1 aromatic heterocycles. The molecule has 2 aromatic rings. The quantitative estimate of drug-likeness (QED) is 0.907. The zero-order chi connectivity index (χ0) is 15.6. The summed E-state index contributed by atoms with van der Waals surface area (Å²) in [6.07, 6.45) is 0. The van der Waals surface area contributed by atoms with Gasteiger partial charge in [-0.05, 0) is 55.7 Å². The molecule has 5 nitrogen and oxygen atoms in total. The first kappa shape index (κ1) is 15.5. The molecule has 0 aliphatic heterocycles. The Hall–Kier alpha value is -1.92. The van der Waals surface area contributed by atoms with Gasteiger partial charge in [-0.15, -0.1) is 0 Å². The second kappa shape index (κ2) is 5.83. The Morgan fingerprint density at radius 3 is 2.52 bits per heavy atom. The van der Waals surface area contributed by atoms with Gasteiger partial charge in [0.2, 0.25) is 0 Å². The molecule has 1 aromatic carbocycles. The van der Waals surface area contributed by atoms with Crippen LogP contribution in [0.5, 0.6) is 0 Å². The number of sulfonamides is 1. The summed E-state index contributed by atoms with van der Waals surface area (Å²) in [4.78, 5) is 4.43. The lowest BCUT2D eigenvalue weighted by Gasteiger charge is -2.13. The minimum Gasteiger partial charge on any atom is -0.326 e. The SMILES string of the molecule is Cc1cc(C)nc(NS(=O)(=O)c2cccc(CN)c2C)c1. The van der Waals surface area contributed by atoms with Crippen molar-refractivity contribution in [3.63, 3.8) is 0 Å². The minimum absolute atomic E-state index is 0.228. The molecule has 0 atom stereocenters. The summed E-state index contributed by atoms with van der Waals surface area (Å²) in [6.45, 7) is 5.78. The molecule has 1 heterocycles. The van der Waals surface area contributed by atoms with Gasteiger partial charge in [-0.1, -0.05) is 12.1 Å². The Morgan fingerprint density at radius 1 is 1.19 bits per heavy atom. The predicted octanol–water partition coefficient (Wildman–Crippen LogP) is 2.27. The lowest BCUT2D eigenvalue weighted by Crippen LogP contribution is -2.16. The van der Waals surface area contributed by atoms with Gasteiger partial charge in [0.15, 0.2) is 0 Å². The van der Waals surface area contributed by atoms with Crippen molar-refractivity contribution in [2.24, 2.45) is 5.73 Å². The first-order valence-electron chi connectivity index (χ1n) is 6.60. The minimum atomic E-state index is -3.68. The van der Waals surface area contributed by atoms with Crippen LogP contribution in [-0.2, 0) is 16.6 Å². The lowest BCUT2D eigenvalue weighted by molar-refractivity contribution is 0.600. The highest BCUT2D eigenvalue weighted by molar-refractivity contribution is 7.92. The van der Waals surface area contributed by atoms with Crippen LogP contribution in [0, 0.1) is 20.8 Å². The third-order valence-electron chi connectivity index (χ3n) is 3.24. The average Bonchev–Trinajstić information content (AvgIpc) is 2.36. The largest absolute Gasteiger partial charge is 0.326 e. The Bertz CT molecular complexity index is 750. The van der Waals surface area contributed by atoms with Crippen LogP contribution in [0.25, 0.3) is 0 Å². The summed E-state index contributed by atoms with van der Waals surface area (Å²) in [5, 5.41) is 0. The molecule has 6 heteroatoms. The molecule has 21 heavy (non-hydrogen) atoms. The molecule has 2 rings (SSSR count). The summed E-state index contributed by atoms with van der Waals surface area (Å²) in [5.41, 5.74) is 8.82. The molecule has 0 radical (unpaired) electrons. The highest BCUT2D eigenvalue weighted by Gasteiger charge is 2.19. The third-order valence-corrected chi connectivity index (χ3v) is 4.74. The summed E-state index contributed by atoms with van der Waals surface area (Å²) in [7, 11) is -3.68. The molecule has 0 saturated carbocycles. The average molecular weight is 305 g/mol. The van der Waals surface area contributed by atoms with Crippen LogP contribution in [-0.4, -0.2) is 13.4 Å². The number of anilines is 1. The molecule has 0 aliphatic rings. The summed E-state index contributed by atoms with van der Waals surface area (Å²) in [6, 6.07) is 8.67. The number of aromatic nitrogens is 1. The fraction of sp³-hybridized carbons (Fsp3) is 0.267. The normalized spacial score (nSPS) is 11.4. The Kier molecular flexibility index (Phi) is 4.29. The van der Waals surface area contributed by atoms with Gasteiger partial charge in [-0.3, -0.25) is 4.72 Å². The fourth-order valence-electron chi connectivity index (χ4n) is 2.26. The van der Waals surface area contributed by atoms with Gasteiger partial charge in [0, 0.05) is 12.2 Å². The van der Waals surface area contributed by atoms with E-state index in [4.69, 9.17) is 5.73 Å². The summed E-state index contributed by atoms with van der Waals surface area (Å²) >= 11 is 0. The van der Waals surface area contributed by atoms with Crippen molar-refractivity contribution in [2.45, 2.75) is 32.2 Å². The first-order valence-corrected chi connectivity index (χ1v) is 8.08. The zero-order valence-electron chi connectivity index (χ0n) is 12.3. The number of nitrogens with two attached hydrogens (primary N) is 1. The maximum absolute atomic E-state index is 12.5. The molecular formula is C15H19N3O2S. The van der Waals surface area contributed by atoms with E-state index in [-0.39, 0.29) is 4.90 Å². The Morgan fingerprint density at radius 2 is 1.90 bits per heavy atom. The molecule has 0 unspecified atom stereocenters. The summed E-state index contributed by atoms with van der Waals surface area (Å²) < 4.78 is 27.6. The molecule has 0 fully saturated rings. The molecule has 3 N–H and O–H groups in total. The first-order chi connectivity index (χ1) is 9.83. The topological polar surface area (TPSA) is 85.1 Å². The van der Waals surface area contributed by atoms with Crippen molar-refractivity contribution in [2.75, 3.05) is 4.72 Å². The van der Waals surface area contributed by atoms with Crippen LogP contribution in [0.1, 0.15) is 22.4 Å². The molecule has 0 spiro atoms. The number of hydrogen-bond acceptors (Lipinski definition) is 4. The van der Waals surface area contributed by atoms with Gasteiger partial charge < -0.3 is 5.73 Å². The van der Waals surface area contributed by atoms with E-state index in [9.17, 15) is 8.42 Å². The number of hydrogen-bond donors (Lipinski definition) is 2.